The van der Waals surface area contributed by atoms with Crippen molar-refractivity contribution in [1.29, 1.82) is 0 Å². The van der Waals surface area contributed by atoms with Gasteiger partial charge >= 0.3 is 6.09 Å². The molecular formula is C18H24FN5O3. The predicted octanol–water partition coefficient (Wildman–Crippen LogP) is 2.94. The van der Waals surface area contributed by atoms with Crippen molar-refractivity contribution in [2.45, 2.75) is 33.0 Å². The summed E-state index contributed by atoms with van der Waals surface area (Å²) in [5.41, 5.74) is 6.83. The number of alkyl halides is 1. The largest absolute Gasteiger partial charge is 0.491 e. The lowest BCUT2D eigenvalue weighted by molar-refractivity contribution is 0.186. The van der Waals surface area contributed by atoms with Gasteiger partial charge in [-0.25, -0.2) is 24.1 Å². The number of amides is 1. The predicted molar refractivity (Wildman–Crippen MR) is 99.0 cm³/mol. The smallest absolute Gasteiger partial charge is 0.413 e. The molecule has 3 N–H and O–H groups in total. The van der Waals surface area contributed by atoms with Gasteiger partial charge in [0.1, 0.15) is 18.1 Å². The number of halogens is 1. The standard InChI is InChI=1S/C18H24FN5O3/c1-11(8-12(2)20)10-27-16-5-4-13(22-15(16)9-19)14-6-7-21-17(23-14)24-18(25)26-3/h4-7,11-12H,8-10,20H2,1-3H3,(H,21,23,24,25). The quantitative estimate of drug-likeness (QED) is 0.727. The fourth-order valence-corrected chi connectivity index (χ4v) is 2.50. The molecule has 0 bridgehead atoms. The van der Waals surface area contributed by atoms with E-state index in [9.17, 15) is 9.18 Å². The summed E-state index contributed by atoms with van der Waals surface area (Å²) in [7, 11) is 1.24. The molecule has 2 heterocycles. The van der Waals surface area contributed by atoms with E-state index in [1.807, 2.05) is 13.8 Å². The van der Waals surface area contributed by atoms with Gasteiger partial charge < -0.3 is 15.2 Å². The van der Waals surface area contributed by atoms with Crippen molar-refractivity contribution >= 4 is 12.0 Å². The molecule has 2 atom stereocenters. The minimum atomic E-state index is -0.775. The normalized spacial score (nSPS) is 12.9. The lowest BCUT2D eigenvalue weighted by Crippen LogP contribution is -2.21. The van der Waals surface area contributed by atoms with E-state index in [0.29, 0.717) is 23.7 Å². The van der Waals surface area contributed by atoms with Crippen LogP contribution < -0.4 is 15.8 Å². The van der Waals surface area contributed by atoms with Crippen LogP contribution in [0.1, 0.15) is 26.0 Å². The molecule has 0 aliphatic heterocycles. The third-order valence-electron chi connectivity index (χ3n) is 3.67. The summed E-state index contributed by atoms with van der Waals surface area (Å²) in [4.78, 5) is 23.7. The highest BCUT2D eigenvalue weighted by atomic mass is 19.1. The van der Waals surface area contributed by atoms with E-state index < -0.39 is 12.8 Å². The van der Waals surface area contributed by atoms with E-state index in [1.165, 1.54) is 13.3 Å². The average Bonchev–Trinajstić information content (AvgIpc) is 2.65. The van der Waals surface area contributed by atoms with Crippen molar-refractivity contribution in [3.05, 3.63) is 30.1 Å². The summed E-state index contributed by atoms with van der Waals surface area (Å²) in [6.07, 6.45) is 1.59. The maximum absolute atomic E-state index is 13.4. The minimum absolute atomic E-state index is 0.0630. The van der Waals surface area contributed by atoms with Gasteiger partial charge in [-0.2, -0.15) is 0 Å². The molecule has 1 amide bonds. The topological polar surface area (TPSA) is 112 Å². The Kier molecular flexibility index (Phi) is 7.42. The number of nitrogens with two attached hydrogens (primary N) is 1. The first kappa shape index (κ1) is 20.5. The van der Waals surface area contributed by atoms with E-state index in [0.717, 1.165) is 6.42 Å². The lowest BCUT2D eigenvalue weighted by Gasteiger charge is -2.16. The first-order chi connectivity index (χ1) is 12.9. The molecular weight excluding hydrogens is 353 g/mol. The number of anilines is 1. The van der Waals surface area contributed by atoms with E-state index in [4.69, 9.17) is 10.5 Å². The number of nitrogens with one attached hydrogen (secondary N) is 1. The van der Waals surface area contributed by atoms with Crippen LogP contribution in [0, 0.1) is 5.92 Å². The van der Waals surface area contributed by atoms with Crippen LogP contribution in [0.15, 0.2) is 24.4 Å². The molecule has 0 aliphatic rings. The molecule has 8 nitrogen and oxygen atoms in total. The molecule has 146 valence electrons. The van der Waals surface area contributed by atoms with Gasteiger partial charge in [0.05, 0.1) is 25.1 Å². The van der Waals surface area contributed by atoms with Crippen molar-refractivity contribution in [1.82, 2.24) is 15.0 Å². The Labute approximate surface area is 157 Å². The number of carbonyl (C=O) groups is 1. The molecule has 2 aromatic rings. The molecule has 0 saturated carbocycles. The maximum Gasteiger partial charge on any atom is 0.413 e. The summed E-state index contributed by atoms with van der Waals surface area (Å²) in [5.74, 6) is 0.693. The fourth-order valence-electron chi connectivity index (χ4n) is 2.50. The number of methoxy groups -OCH3 is 1. The van der Waals surface area contributed by atoms with E-state index in [-0.39, 0.29) is 23.6 Å². The molecule has 2 unspecified atom stereocenters. The van der Waals surface area contributed by atoms with E-state index in [2.05, 4.69) is 25.0 Å². The van der Waals surface area contributed by atoms with Crippen molar-refractivity contribution in [3.8, 4) is 17.1 Å². The molecule has 0 aliphatic carbocycles. The Morgan fingerprint density at radius 3 is 2.67 bits per heavy atom. The Hall–Kier alpha value is -2.81. The average molecular weight is 377 g/mol. The van der Waals surface area contributed by atoms with Crippen LogP contribution in [0.3, 0.4) is 0 Å². The lowest BCUT2D eigenvalue weighted by atomic mass is 10.0. The Balaban J connectivity index is 2.15. The summed E-state index contributed by atoms with van der Waals surface area (Å²) < 4.78 is 23.7. The highest BCUT2D eigenvalue weighted by Gasteiger charge is 2.13. The number of pyridine rings is 1. The van der Waals surface area contributed by atoms with Gasteiger partial charge in [0.2, 0.25) is 5.95 Å². The van der Waals surface area contributed by atoms with Crippen LogP contribution in [-0.2, 0) is 11.4 Å². The number of hydrogen-bond donors (Lipinski definition) is 2. The SMILES string of the molecule is COC(=O)Nc1nccc(-c2ccc(OCC(C)CC(C)N)c(CF)n2)n1. The summed E-state index contributed by atoms with van der Waals surface area (Å²) in [6.45, 7) is 3.61. The summed E-state index contributed by atoms with van der Waals surface area (Å²) in [6, 6.07) is 5.02. The number of aromatic nitrogens is 3. The van der Waals surface area contributed by atoms with Crippen LogP contribution in [-0.4, -0.2) is 40.8 Å². The van der Waals surface area contributed by atoms with Gasteiger partial charge in [0.15, 0.2) is 0 Å². The van der Waals surface area contributed by atoms with Crippen LogP contribution in [0.25, 0.3) is 11.4 Å². The van der Waals surface area contributed by atoms with Crippen molar-refractivity contribution in [3.63, 3.8) is 0 Å². The number of carbonyl (C=O) groups excluding carboxylic acids is 1. The first-order valence-corrected chi connectivity index (χ1v) is 8.55. The Morgan fingerprint density at radius 1 is 1.26 bits per heavy atom. The second-order valence-corrected chi connectivity index (χ2v) is 6.29. The van der Waals surface area contributed by atoms with Gasteiger partial charge in [-0.05, 0) is 37.5 Å². The maximum atomic E-state index is 13.4. The molecule has 0 radical (unpaired) electrons. The highest BCUT2D eigenvalue weighted by Crippen LogP contribution is 2.24. The summed E-state index contributed by atoms with van der Waals surface area (Å²) in [5, 5.41) is 2.37. The zero-order chi connectivity index (χ0) is 19.8. The third kappa shape index (κ3) is 6.14. The van der Waals surface area contributed by atoms with Crippen LogP contribution in [0.2, 0.25) is 0 Å². The van der Waals surface area contributed by atoms with Crippen LogP contribution in [0.4, 0.5) is 15.1 Å². The van der Waals surface area contributed by atoms with Crippen LogP contribution >= 0.6 is 0 Å². The molecule has 2 aromatic heterocycles. The fraction of sp³-hybridized carbons (Fsp3) is 0.444. The van der Waals surface area contributed by atoms with Gasteiger partial charge in [-0.15, -0.1) is 0 Å². The van der Waals surface area contributed by atoms with Gasteiger partial charge in [-0.3, -0.25) is 5.32 Å². The Morgan fingerprint density at radius 2 is 2.00 bits per heavy atom. The van der Waals surface area contributed by atoms with Crippen LogP contribution in [0.5, 0.6) is 5.75 Å². The molecule has 27 heavy (non-hydrogen) atoms. The highest BCUT2D eigenvalue weighted by molar-refractivity contribution is 5.82. The summed E-state index contributed by atoms with van der Waals surface area (Å²) >= 11 is 0. The molecule has 0 aromatic carbocycles. The third-order valence-corrected chi connectivity index (χ3v) is 3.67. The number of rotatable bonds is 8. The van der Waals surface area contributed by atoms with Gasteiger partial charge in [0.25, 0.3) is 0 Å². The number of nitrogens with zero attached hydrogens (tertiary/aromatic N) is 3. The van der Waals surface area contributed by atoms with Gasteiger partial charge in [0, 0.05) is 12.2 Å². The van der Waals surface area contributed by atoms with Crippen molar-refractivity contribution in [2.75, 3.05) is 19.0 Å². The van der Waals surface area contributed by atoms with Gasteiger partial charge in [-0.1, -0.05) is 6.92 Å². The molecule has 0 saturated heterocycles. The van der Waals surface area contributed by atoms with E-state index >= 15 is 0 Å². The minimum Gasteiger partial charge on any atom is -0.491 e. The molecule has 0 fully saturated rings. The Bertz CT molecular complexity index is 772. The second-order valence-electron chi connectivity index (χ2n) is 6.29. The zero-order valence-electron chi connectivity index (χ0n) is 15.6. The first-order valence-electron chi connectivity index (χ1n) is 8.55. The van der Waals surface area contributed by atoms with Crippen molar-refractivity contribution < 1.29 is 18.7 Å². The molecule has 0 spiro atoms. The molecule has 9 heteroatoms. The monoisotopic (exact) mass is 377 g/mol. The number of ether oxygens (including phenoxy) is 2. The van der Waals surface area contributed by atoms with E-state index in [1.54, 1.807) is 18.2 Å². The zero-order valence-corrected chi connectivity index (χ0v) is 15.6. The second kappa shape index (κ2) is 9.77. The number of hydrogen-bond acceptors (Lipinski definition) is 7. The molecule has 2 rings (SSSR count). The van der Waals surface area contributed by atoms with Crippen molar-refractivity contribution in [2.24, 2.45) is 11.7 Å².